The number of benzene rings is 1. The first kappa shape index (κ1) is 15.0. The molecule has 0 spiro atoms. The van der Waals surface area contributed by atoms with Gasteiger partial charge in [0.25, 0.3) is 0 Å². The largest absolute Gasteiger partial charge is 0.366 e. The minimum atomic E-state index is -0.368. The molecule has 1 aromatic rings. The number of primary amides is 1. The summed E-state index contributed by atoms with van der Waals surface area (Å²) >= 11 is 0. The van der Waals surface area contributed by atoms with Crippen molar-refractivity contribution in [2.75, 3.05) is 0 Å². The van der Waals surface area contributed by atoms with Gasteiger partial charge in [0, 0.05) is 18.2 Å². The Morgan fingerprint density at radius 1 is 1.30 bits per heavy atom. The molecule has 0 heterocycles. The molecule has 3 nitrogen and oxygen atoms in total. The van der Waals surface area contributed by atoms with Gasteiger partial charge in [-0.15, -0.1) is 0 Å². The minimum Gasteiger partial charge on any atom is -0.366 e. The van der Waals surface area contributed by atoms with Crippen LogP contribution in [0.5, 0.6) is 0 Å². The van der Waals surface area contributed by atoms with Crippen molar-refractivity contribution in [3.05, 3.63) is 35.4 Å². The second kappa shape index (κ2) is 5.96. The Labute approximate surface area is 121 Å². The van der Waals surface area contributed by atoms with E-state index in [2.05, 4.69) is 26.1 Å². The van der Waals surface area contributed by atoms with Crippen molar-refractivity contribution in [1.82, 2.24) is 5.32 Å². The van der Waals surface area contributed by atoms with Gasteiger partial charge < -0.3 is 11.1 Å². The number of hydrogen-bond acceptors (Lipinski definition) is 2. The molecule has 0 aliphatic heterocycles. The van der Waals surface area contributed by atoms with Gasteiger partial charge in [0.15, 0.2) is 0 Å². The topological polar surface area (TPSA) is 55.1 Å². The highest BCUT2D eigenvalue weighted by Crippen LogP contribution is 2.37. The summed E-state index contributed by atoms with van der Waals surface area (Å²) in [4.78, 5) is 11.0. The summed E-state index contributed by atoms with van der Waals surface area (Å²) in [5.74, 6) is 0.479. The van der Waals surface area contributed by atoms with Crippen LogP contribution in [0.1, 0.15) is 56.0 Å². The lowest BCUT2D eigenvalue weighted by atomic mass is 9.86. The Kier molecular flexibility index (Phi) is 4.48. The molecule has 1 aliphatic carbocycles. The van der Waals surface area contributed by atoms with E-state index in [1.807, 2.05) is 12.1 Å². The Bertz CT molecular complexity index is 455. The summed E-state index contributed by atoms with van der Waals surface area (Å²) in [6.07, 6.45) is 3.92. The number of carbonyl (C=O) groups excluding carboxylic acids is 1. The van der Waals surface area contributed by atoms with Crippen molar-refractivity contribution >= 4 is 5.91 Å². The maximum atomic E-state index is 11.0. The second-order valence-corrected chi connectivity index (χ2v) is 7.15. The molecule has 2 rings (SSSR count). The molecule has 20 heavy (non-hydrogen) atoms. The fraction of sp³-hybridized carbons (Fsp3) is 0.588. The average Bonchev–Trinajstić information content (AvgIpc) is 3.17. The van der Waals surface area contributed by atoms with Crippen molar-refractivity contribution in [2.24, 2.45) is 17.1 Å². The summed E-state index contributed by atoms with van der Waals surface area (Å²) in [6.45, 7) is 7.75. The SMILES string of the molecule is CC(C)(C)CC(NCc1ccc(C(N)=O)cc1)C1CC1. The van der Waals surface area contributed by atoms with Crippen LogP contribution in [0.15, 0.2) is 24.3 Å². The van der Waals surface area contributed by atoms with Gasteiger partial charge in [-0.3, -0.25) is 4.79 Å². The van der Waals surface area contributed by atoms with Crippen LogP contribution in [0.2, 0.25) is 0 Å². The van der Waals surface area contributed by atoms with Crippen molar-refractivity contribution in [3.63, 3.8) is 0 Å². The summed E-state index contributed by atoms with van der Waals surface area (Å²) < 4.78 is 0. The summed E-state index contributed by atoms with van der Waals surface area (Å²) in [7, 11) is 0. The molecule has 1 amide bonds. The van der Waals surface area contributed by atoms with Crippen LogP contribution in [0.25, 0.3) is 0 Å². The van der Waals surface area contributed by atoms with Gasteiger partial charge >= 0.3 is 0 Å². The van der Waals surface area contributed by atoms with Crippen molar-refractivity contribution in [1.29, 1.82) is 0 Å². The van der Waals surface area contributed by atoms with E-state index in [1.54, 1.807) is 12.1 Å². The van der Waals surface area contributed by atoms with E-state index in [1.165, 1.54) is 24.8 Å². The molecule has 0 radical (unpaired) electrons. The number of carbonyl (C=O) groups is 1. The molecule has 0 bridgehead atoms. The number of hydrogen-bond donors (Lipinski definition) is 2. The number of amides is 1. The zero-order chi connectivity index (χ0) is 14.8. The first-order chi connectivity index (χ1) is 9.35. The lowest BCUT2D eigenvalue weighted by molar-refractivity contribution is 0.100. The van der Waals surface area contributed by atoms with Crippen LogP contribution in [0.3, 0.4) is 0 Å². The van der Waals surface area contributed by atoms with E-state index in [9.17, 15) is 4.79 Å². The Balaban J connectivity index is 1.90. The van der Waals surface area contributed by atoms with Gasteiger partial charge in [-0.25, -0.2) is 0 Å². The minimum absolute atomic E-state index is 0.357. The highest BCUT2D eigenvalue weighted by molar-refractivity contribution is 5.92. The highest BCUT2D eigenvalue weighted by atomic mass is 16.1. The van der Waals surface area contributed by atoms with Crippen molar-refractivity contribution in [2.45, 2.75) is 52.6 Å². The van der Waals surface area contributed by atoms with Gasteiger partial charge in [0.1, 0.15) is 0 Å². The molecule has 1 saturated carbocycles. The lowest BCUT2D eigenvalue weighted by Crippen LogP contribution is -2.34. The monoisotopic (exact) mass is 274 g/mol. The molecule has 1 unspecified atom stereocenters. The van der Waals surface area contributed by atoms with Crippen molar-refractivity contribution in [3.8, 4) is 0 Å². The molecule has 0 saturated heterocycles. The molecule has 0 aromatic heterocycles. The van der Waals surface area contributed by atoms with Crippen LogP contribution in [0.4, 0.5) is 0 Å². The number of rotatable bonds is 6. The smallest absolute Gasteiger partial charge is 0.248 e. The van der Waals surface area contributed by atoms with E-state index in [-0.39, 0.29) is 5.91 Å². The zero-order valence-corrected chi connectivity index (χ0v) is 12.8. The third-order valence-electron chi connectivity index (χ3n) is 3.83. The Hall–Kier alpha value is -1.35. The first-order valence-electron chi connectivity index (χ1n) is 7.47. The van der Waals surface area contributed by atoms with Gasteiger partial charge in [0.05, 0.1) is 0 Å². The maximum Gasteiger partial charge on any atom is 0.248 e. The molecule has 3 N–H and O–H groups in total. The van der Waals surface area contributed by atoms with E-state index in [0.717, 1.165) is 12.5 Å². The number of nitrogens with one attached hydrogen (secondary N) is 1. The van der Waals surface area contributed by atoms with E-state index in [4.69, 9.17) is 5.73 Å². The van der Waals surface area contributed by atoms with Crippen LogP contribution in [0, 0.1) is 11.3 Å². The fourth-order valence-electron chi connectivity index (χ4n) is 2.60. The van der Waals surface area contributed by atoms with Crippen LogP contribution in [-0.4, -0.2) is 11.9 Å². The third kappa shape index (κ3) is 4.64. The van der Waals surface area contributed by atoms with Gasteiger partial charge in [-0.1, -0.05) is 32.9 Å². The van der Waals surface area contributed by atoms with Crippen LogP contribution >= 0.6 is 0 Å². The molecule has 1 atom stereocenters. The Morgan fingerprint density at radius 2 is 1.90 bits per heavy atom. The van der Waals surface area contributed by atoms with E-state index >= 15 is 0 Å². The highest BCUT2D eigenvalue weighted by Gasteiger charge is 2.33. The molecule has 1 aromatic carbocycles. The fourth-order valence-corrected chi connectivity index (χ4v) is 2.60. The summed E-state index contributed by atoms with van der Waals surface area (Å²) in [6, 6.07) is 8.16. The molecular formula is C17H26N2O. The van der Waals surface area contributed by atoms with E-state index < -0.39 is 0 Å². The molecule has 110 valence electrons. The molecule has 1 fully saturated rings. The molecule has 1 aliphatic rings. The van der Waals surface area contributed by atoms with Gasteiger partial charge in [-0.2, -0.15) is 0 Å². The zero-order valence-electron chi connectivity index (χ0n) is 12.8. The quantitative estimate of drug-likeness (QED) is 0.837. The summed E-state index contributed by atoms with van der Waals surface area (Å²) in [5.41, 5.74) is 7.38. The first-order valence-corrected chi connectivity index (χ1v) is 7.47. The number of nitrogens with two attached hydrogens (primary N) is 1. The van der Waals surface area contributed by atoms with Gasteiger partial charge in [0.2, 0.25) is 5.91 Å². The lowest BCUT2D eigenvalue weighted by Gasteiger charge is -2.27. The third-order valence-corrected chi connectivity index (χ3v) is 3.83. The maximum absolute atomic E-state index is 11.0. The van der Waals surface area contributed by atoms with Crippen molar-refractivity contribution < 1.29 is 4.79 Å². The summed E-state index contributed by atoms with van der Waals surface area (Å²) in [5, 5.41) is 3.69. The Morgan fingerprint density at radius 3 is 2.35 bits per heavy atom. The average molecular weight is 274 g/mol. The predicted molar refractivity (Wildman–Crippen MR) is 82.4 cm³/mol. The predicted octanol–water partition coefficient (Wildman–Crippen LogP) is 3.09. The van der Waals surface area contributed by atoms with Crippen LogP contribution in [-0.2, 0) is 6.54 Å². The molecule has 3 heteroatoms. The van der Waals surface area contributed by atoms with E-state index in [0.29, 0.717) is 17.0 Å². The normalized spacial score (nSPS) is 16.9. The standard InChI is InChI=1S/C17H26N2O/c1-17(2,3)10-15(13-8-9-13)19-11-12-4-6-14(7-5-12)16(18)20/h4-7,13,15,19H,8-11H2,1-3H3,(H2,18,20). The molecular weight excluding hydrogens is 248 g/mol. The second-order valence-electron chi connectivity index (χ2n) is 7.15. The van der Waals surface area contributed by atoms with Crippen LogP contribution < -0.4 is 11.1 Å². The van der Waals surface area contributed by atoms with Gasteiger partial charge in [-0.05, 0) is 48.3 Å².